The Kier molecular flexibility index (Phi) is 5.83. The van der Waals surface area contributed by atoms with Gasteiger partial charge in [-0.05, 0) is 26.8 Å². The predicted molar refractivity (Wildman–Crippen MR) is 64.2 cm³/mol. The normalized spacial score (nSPS) is 13.3. The van der Waals surface area contributed by atoms with Crippen LogP contribution in [0.15, 0.2) is 11.7 Å². The number of aromatic nitrogens is 1. The van der Waals surface area contributed by atoms with E-state index in [1.165, 1.54) is 4.88 Å². The summed E-state index contributed by atoms with van der Waals surface area (Å²) in [6.45, 7) is 8.02. The Bertz CT molecular complexity index is 249. The van der Waals surface area contributed by atoms with Crippen LogP contribution < -0.4 is 5.32 Å². The molecule has 0 bridgehead atoms. The van der Waals surface area contributed by atoms with Gasteiger partial charge in [0.2, 0.25) is 0 Å². The third-order valence-corrected chi connectivity index (χ3v) is 2.92. The zero-order chi connectivity index (χ0) is 11.1. The molecule has 3 nitrogen and oxygen atoms in total. The zero-order valence-electron chi connectivity index (χ0n) is 9.69. The van der Waals surface area contributed by atoms with Crippen LogP contribution in [0.3, 0.4) is 0 Å². The van der Waals surface area contributed by atoms with Gasteiger partial charge in [-0.3, -0.25) is 4.98 Å². The van der Waals surface area contributed by atoms with Crippen LogP contribution >= 0.6 is 11.3 Å². The van der Waals surface area contributed by atoms with Crippen LogP contribution in [0.4, 0.5) is 0 Å². The van der Waals surface area contributed by atoms with Crippen LogP contribution in [0, 0.1) is 0 Å². The summed E-state index contributed by atoms with van der Waals surface area (Å²) < 4.78 is 5.64. The van der Waals surface area contributed by atoms with Crippen LogP contribution in [-0.4, -0.2) is 24.2 Å². The van der Waals surface area contributed by atoms with Crippen molar-refractivity contribution in [2.75, 3.05) is 13.2 Å². The van der Waals surface area contributed by atoms with Gasteiger partial charge in [0.25, 0.3) is 0 Å². The van der Waals surface area contributed by atoms with E-state index in [2.05, 4.69) is 31.1 Å². The highest BCUT2D eigenvalue weighted by molar-refractivity contribution is 7.09. The minimum Gasteiger partial charge on any atom is -0.377 e. The maximum absolute atomic E-state index is 5.64. The number of nitrogens with zero attached hydrogens (tertiary/aromatic N) is 1. The van der Waals surface area contributed by atoms with Crippen LogP contribution in [0.25, 0.3) is 0 Å². The molecule has 0 saturated carbocycles. The lowest BCUT2D eigenvalue weighted by atomic mass is 10.2. The number of nitrogens with one attached hydrogen (secondary N) is 1. The first-order chi connectivity index (χ1) is 7.24. The Hall–Kier alpha value is -0.450. The van der Waals surface area contributed by atoms with Crippen molar-refractivity contribution >= 4 is 11.3 Å². The monoisotopic (exact) mass is 228 g/mol. The van der Waals surface area contributed by atoms with Crippen LogP contribution in [0.1, 0.15) is 38.1 Å². The largest absolute Gasteiger partial charge is 0.377 e. The fourth-order valence-electron chi connectivity index (χ4n) is 1.25. The number of hydrogen-bond acceptors (Lipinski definition) is 4. The number of thiazole rings is 1. The topological polar surface area (TPSA) is 34.1 Å². The van der Waals surface area contributed by atoms with Crippen molar-refractivity contribution < 1.29 is 4.74 Å². The van der Waals surface area contributed by atoms with E-state index < -0.39 is 0 Å². The fraction of sp³-hybridized carbons (Fsp3) is 0.727. The van der Waals surface area contributed by atoms with Gasteiger partial charge in [-0.2, -0.15) is 0 Å². The summed E-state index contributed by atoms with van der Waals surface area (Å²) in [4.78, 5) is 5.36. The van der Waals surface area contributed by atoms with Gasteiger partial charge in [0.05, 0.1) is 24.3 Å². The molecule has 1 N–H and O–H groups in total. The quantitative estimate of drug-likeness (QED) is 0.779. The molecule has 4 heteroatoms. The van der Waals surface area contributed by atoms with Crippen LogP contribution in [0.2, 0.25) is 0 Å². The highest BCUT2D eigenvalue weighted by Gasteiger charge is 2.12. The Labute approximate surface area is 95.9 Å². The summed E-state index contributed by atoms with van der Waals surface area (Å²) in [7, 11) is 0. The van der Waals surface area contributed by atoms with Crippen LogP contribution in [-0.2, 0) is 4.74 Å². The molecule has 0 aliphatic heterocycles. The number of rotatable bonds is 7. The molecule has 1 aromatic heterocycles. The van der Waals surface area contributed by atoms with Gasteiger partial charge < -0.3 is 10.1 Å². The van der Waals surface area contributed by atoms with E-state index >= 15 is 0 Å². The molecule has 86 valence electrons. The molecule has 0 saturated heterocycles. The molecular formula is C11H20N2OS. The Morgan fingerprint density at radius 3 is 2.87 bits per heavy atom. The van der Waals surface area contributed by atoms with Gasteiger partial charge in [-0.25, -0.2) is 0 Å². The minimum atomic E-state index is 0.281. The van der Waals surface area contributed by atoms with E-state index in [0.29, 0.717) is 6.04 Å². The lowest BCUT2D eigenvalue weighted by Crippen LogP contribution is -2.26. The first kappa shape index (κ1) is 12.6. The molecule has 1 atom stereocenters. The van der Waals surface area contributed by atoms with Crippen molar-refractivity contribution in [1.82, 2.24) is 10.3 Å². The molecule has 0 radical (unpaired) electrons. The van der Waals surface area contributed by atoms with Crippen molar-refractivity contribution in [2.24, 2.45) is 0 Å². The smallest absolute Gasteiger partial charge is 0.0794 e. The Morgan fingerprint density at radius 2 is 2.33 bits per heavy atom. The number of ether oxygens (including phenoxy) is 1. The van der Waals surface area contributed by atoms with Gasteiger partial charge in [0.15, 0.2) is 0 Å². The molecule has 0 fully saturated rings. The van der Waals surface area contributed by atoms with Gasteiger partial charge in [0.1, 0.15) is 0 Å². The van der Waals surface area contributed by atoms with Crippen molar-refractivity contribution in [3.05, 3.63) is 16.6 Å². The third kappa shape index (κ3) is 4.73. The van der Waals surface area contributed by atoms with E-state index in [0.717, 1.165) is 19.6 Å². The second-order valence-electron chi connectivity index (χ2n) is 3.79. The molecule has 0 aliphatic carbocycles. The average Bonchev–Trinajstić information content (AvgIpc) is 2.71. The van der Waals surface area contributed by atoms with Gasteiger partial charge >= 0.3 is 0 Å². The maximum Gasteiger partial charge on any atom is 0.0794 e. The Balaban J connectivity index is 2.46. The molecule has 1 unspecified atom stereocenters. The minimum absolute atomic E-state index is 0.281. The second kappa shape index (κ2) is 6.93. The summed E-state index contributed by atoms with van der Waals surface area (Å²) in [5.74, 6) is 0. The lowest BCUT2D eigenvalue weighted by molar-refractivity contribution is 0.0617. The summed E-state index contributed by atoms with van der Waals surface area (Å²) in [6.07, 6.45) is 3.34. The summed E-state index contributed by atoms with van der Waals surface area (Å²) in [6, 6.07) is 0.292. The van der Waals surface area contributed by atoms with Gasteiger partial charge in [-0.1, -0.05) is 6.92 Å². The highest BCUT2D eigenvalue weighted by atomic mass is 32.1. The van der Waals surface area contributed by atoms with Crippen molar-refractivity contribution in [3.8, 4) is 0 Å². The highest BCUT2D eigenvalue weighted by Crippen LogP contribution is 2.17. The fourth-order valence-corrected chi connectivity index (χ4v) is 1.93. The molecule has 1 heterocycles. The second-order valence-corrected chi connectivity index (χ2v) is 4.71. The predicted octanol–water partition coefficient (Wildman–Crippen LogP) is 2.61. The lowest BCUT2D eigenvalue weighted by Gasteiger charge is -2.18. The standard InChI is InChI=1S/C11H20N2OS/c1-4-5-13-10(7-14-9(2)3)11-6-12-8-15-11/h6,8-10,13H,4-5,7H2,1-3H3. The van der Waals surface area contributed by atoms with E-state index in [4.69, 9.17) is 4.74 Å². The molecule has 1 rings (SSSR count). The van der Waals surface area contributed by atoms with Crippen molar-refractivity contribution in [3.63, 3.8) is 0 Å². The molecule has 0 spiro atoms. The van der Waals surface area contributed by atoms with Crippen molar-refractivity contribution in [2.45, 2.75) is 39.3 Å². The molecule has 15 heavy (non-hydrogen) atoms. The third-order valence-electron chi connectivity index (χ3n) is 2.03. The molecule has 0 amide bonds. The average molecular weight is 228 g/mol. The first-order valence-electron chi connectivity index (χ1n) is 5.47. The summed E-state index contributed by atoms with van der Waals surface area (Å²) >= 11 is 1.68. The van der Waals surface area contributed by atoms with E-state index in [-0.39, 0.29) is 6.10 Å². The van der Waals surface area contributed by atoms with Gasteiger partial charge in [0, 0.05) is 11.1 Å². The van der Waals surface area contributed by atoms with E-state index in [9.17, 15) is 0 Å². The van der Waals surface area contributed by atoms with E-state index in [1.54, 1.807) is 11.3 Å². The van der Waals surface area contributed by atoms with Crippen LogP contribution in [0.5, 0.6) is 0 Å². The summed E-state index contributed by atoms with van der Waals surface area (Å²) in [5, 5.41) is 3.47. The molecular weight excluding hydrogens is 208 g/mol. The molecule has 0 aliphatic rings. The first-order valence-corrected chi connectivity index (χ1v) is 6.35. The maximum atomic E-state index is 5.64. The summed E-state index contributed by atoms with van der Waals surface area (Å²) in [5.41, 5.74) is 1.87. The SMILES string of the molecule is CCCNC(COC(C)C)c1cncs1. The zero-order valence-corrected chi connectivity index (χ0v) is 10.5. The van der Waals surface area contributed by atoms with Crippen molar-refractivity contribution in [1.29, 1.82) is 0 Å². The van der Waals surface area contributed by atoms with Gasteiger partial charge in [-0.15, -0.1) is 11.3 Å². The molecule has 1 aromatic rings. The molecule has 0 aromatic carbocycles. The number of hydrogen-bond donors (Lipinski definition) is 1. The Morgan fingerprint density at radius 1 is 1.53 bits per heavy atom. The van der Waals surface area contributed by atoms with E-state index in [1.807, 2.05) is 11.7 Å².